The zero-order chi connectivity index (χ0) is 9.68. The number of carbonyl (C=O) groups is 1. The minimum atomic E-state index is -0.293. The molecule has 1 aliphatic rings. The molecule has 0 atom stereocenters. The second kappa shape index (κ2) is 4.87. The van der Waals surface area contributed by atoms with Crippen LogP contribution in [0.15, 0.2) is 12.3 Å². The molecular weight excluding hydrogens is 168 g/mol. The van der Waals surface area contributed by atoms with Crippen molar-refractivity contribution in [1.82, 2.24) is 9.80 Å². The Balaban J connectivity index is 2.29. The van der Waals surface area contributed by atoms with E-state index in [1.807, 2.05) is 0 Å². The van der Waals surface area contributed by atoms with Gasteiger partial charge in [0.05, 0.1) is 7.11 Å². The van der Waals surface area contributed by atoms with Crippen molar-refractivity contribution >= 4 is 5.97 Å². The van der Waals surface area contributed by atoms with E-state index in [-0.39, 0.29) is 5.97 Å². The number of hydrogen-bond donors (Lipinski definition) is 0. The number of hydrogen-bond acceptors (Lipinski definition) is 4. The van der Waals surface area contributed by atoms with Gasteiger partial charge in [-0.2, -0.15) is 0 Å². The molecule has 0 aromatic heterocycles. The van der Waals surface area contributed by atoms with Crippen molar-refractivity contribution in [2.24, 2.45) is 0 Å². The van der Waals surface area contributed by atoms with Crippen LogP contribution in [0.4, 0.5) is 0 Å². The molecule has 1 rings (SSSR count). The van der Waals surface area contributed by atoms with Crippen molar-refractivity contribution in [3.8, 4) is 0 Å². The van der Waals surface area contributed by atoms with E-state index in [1.165, 1.54) is 13.2 Å². The summed E-state index contributed by atoms with van der Waals surface area (Å²) in [7, 11) is 3.48. The predicted octanol–water partition coefficient (Wildman–Crippen LogP) is -0.0795. The van der Waals surface area contributed by atoms with Gasteiger partial charge in [-0.3, -0.25) is 0 Å². The van der Waals surface area contributed by atoms with Gasteiger partial charge in [-0.15, -0.1) is 0 Å². The highest BCUT2D eigenvalue weighted by Crippen LogP contribution is 1.99. The Morgan fingerprint density at radius 2 is 1.92 bits per heavy atom. The van der Waals surface area contributed by atoms with Crippen LogP contribution in [0.1, 0.15) is 0 Å². The Kier molecular flexibility index (Phi) is 3.76. The maximum Gasteiger partial charge on any atom is 0.331 e. The van der Waals surface area contributed by atoms with Gasteiger partial charge in [0.15, 0.2) is 0 Å². The van der Waals surface area contributed by atoms with E-state index < -0.39 is 0 Å². The third kappa shape index (κ3) is 3.46. The summed E-state index contributed by atoms with van der Waals surface area (Å²) in [5.74, 6) is -0.293. The van der Waals surface area contributed by atoms with Crippen LogP contribution in [0.3, 0.4) is 0 Å². The number of carbonyl (C=O) groups excluding carboxylic acids is 1. The molecule has 13 heavy (non-hydrogen) atoms. The second-order valence-corrected chi connectivity index (χ2v) is 3.18. The molecule has 0 saturated carbocycles. The van der Waals surface area contributed by atoms with Crippen molar-refractivity contribution in [3.05, 3.63) is 12.3 Å². The quantitative estimate of drug-likeness (QED) is 0.444. The van der Waals surface area contributed by atoms with E-state index in [4.69, 9.17) is 0 Å². The Bertz CT molecular complexity index is 196. The number of nitrogens with zero attached hydrogens (tertiary/aromatic N) is 2. The van der Waals surface area contributed by atoms with E-state index in [0.29, 0.717) is 0 Å². The first-order valence-electron chi connectivity index (χ1n) is 4.41. The molecule has 4 nitrogen and oxygen atoms in total. The molecule has 1 aliphatic heterocycles. The van der Waals surface area contributed by atoms with Crippen LogP contribution < -0.4 is 0 Å². The third-order valence-corrected chi connectivity index (χ3v) is 2.16. The average molecular weight is 184 g/mol. The standard InChI is InChI=1S/C9H16N2O2/c1-10-5-7-11(8-6-10)4-3-9(12)13-2/h3-4H,5-8H2,1-2H3/b4-3+. The molecule has 4 heteroatoms. The first-order valence-corrected chi connectivity index (χ1v) is 4.41. The fourth-order valence-electron chi connectivity index (χ4n) is 1.21. The molecule has 1 heterocycles. The molecule has 0 radical (unpaired) electrons. The van der Waals surface area contributed by atoms with Crippen LogP contribution in [0, 0.1) is 0 Å². The molecule has 0 aliphatic carbocycles. The van der Waals surface area contributed by atoms with Crippen molar-refractivity contribution in [1.29, 1.82) is 0 Å². The monoisotopic (exact) mass is 184 g/mol. The lowest BCUT2D eigenvalue weighted by Crippen LogP contribution is -2.41. The Hall–Kier alpha value is -1.03. The maximum atomic E-state index is 10.8. The first kappa shape index (κ1) is 10.1. The summed E-state index contributed by atoms with van der Waals surface area (Å²) in [6.45, 7) is 4.05. The lowest BCUT2D eigenvalue weighted by Gasteiger charge is -2.31. The lowest BCUT2D eigenvalue weighted by molar-refractivity contribution is -0.134. The van der Waals surface area contributed by atoms with E-state index in [9.17, 15) is 4.79 Å². The summed E-state index contributed by atoms with van der Waals surface area (Å²) in [4.78, 5) is 15.2. The summed E-state index contributed by atoms with van der Waals surface area (Å²) in [6.07, 6.45) is 3.27. The summed E-state index contributed by atoms with van der Waals surface area (Å²) < 4.78 is 4.50. The molecule has 74 valence electrons. The van der Waals surface area contributed by atoms with Crippen LogP contribution in [-0.2, 0) is 9.53 Å². The highest BCUT2D eigenvalue weighted by molar-refractivity contribution is 5.81. The van der Waals surface area contributed by atoms with E-state index >= 15 is 0 Å². The number of rotatable bonds is 2. The van der Waals surface area contributed by atoms with Gasteiger partial charge in [-0.25, -0.2) is 4.79 Å². The van der Waals surface area contributed by atoms with Crippen LogP contribution in [0.25, 0.3) is 0 Å². The molecule has 0 bridgehead atoms. The normalized spacial score (nSPS) is 19.4. The Morgan fingerprint density at radius 3 is 2.46 bits per heavy atom. The van der Waals surface area contributed by atoms with Crippen molar-refractivity contribution in [3.63, 3.8) is 0 Å². The van der Waals surface area contributed by atoms with Crippen LogP contribution >= 0.6 is 0 Å². The van der Waals surface area contributed by atoms with Gasteiger partial charge in [0.1, 0.15) is 0 Å². The maximum absolute atomic E-state index is 10.8. The van der Waals surface area contributed by atoms with E-state index in [0.717, 1.165) is 26.2 Å². The minimum absolute atomic E-state index is 0.293. The fourth-order valence-corrected chi connectivity index (χ4v) is 1.21. The Morgan fingerprint density at radius 1 is 1.31 bits per heavy atom. The fraction of sp³-hybridized carbons (Fsp3) is 0.667. The van der Waals surface area contributed by atoms with Gasteiger partial charge in [0.2, 0.25) is 0 Å². The summed E-state index contributed by atoms with van der Waals surface area (Å²) in [6, 6.07) is 0. The summed E-state index contributed by atoms with van der Waals surface area (Å²) in [5.41, 5.74) is 0. The van der Waals surface area contributed by atoms with Crippen molar-refractivity contribution in [2.45, 2.75) is 0 Å². The second-order valence-electron chi connectivity index (χ2n) is 3.18. The largest absolute Gasteiger partial charge is 0.466 e. The molecule has 1 fully saturated rings. The zero-order valence-electron chi connectivity index (χ0n) is 8.19. The van der Waals surface area contributed by atoms with Gasteiger partial charge in [0.25, 0.3) is 0 Å². The Labute approximate surface area is 78.8 Å². The minimum Gasteiger partial charge on any atom is -0.466 e. The molecule has 0 unspecified atom stereocenters. The van der Waals surface area contributed by atoms with Gasteiger partial charge < -0.3 is 14.5 Å². The van der Waals surface area contributed by atoms with Crippen molar-refractivity contribution in [2.75, 3.05) is 40.3 Å². The summed E-state index contributed by atoms with van der Waals surface area (Å²) >= 11 is 0. The van der Waals surface area contributed by atoms with Gasteiger partial charge in [0, 0.05) is 38.5 Å². The SMILES string of the molecule is COC(=O)/C=C/N1CCN(C)CC1. The number of methoxy groups -OCH3 is 1. The zero-order valence-corrected chi connectivity index (χ0v) is 8.19. The van der Waals surface area contributed by atoms with Gasteiger partial charge in [-0.05, 0) is 7.05 Å². The van der Waals surface area contributed by atoms with Gasteiger partial charge in [-0.1, -0.05) is 0 Å². The summed E-state index contributed by atoms with van der Waals surface area (Å²) in [5, 5.41) is 0. The highest BCUT2D eigenvalue weighted by atomic mass is 16.5. The molecule has 1 saturated heterocycles. The molecular formula is C9H16N2O2. The van der Waals surface area contributed by atoms with Gasteiger partial charge >= 0.3 is 5.97 Å². The van der Waals surface area contributed by atoms with Crippen LogP contribution in [0.5, 0.6) is 0 Å². The lowest BCUT2D eigenvalue weighted by atomic mass is 10.3. The molecule has 0 aromatic rings. The van der Waals surface area contributed by atoms with Crippen LogP contribution in [0.2, 0.25) is 0 Å². The number of likely N-dealkylation sites (N-methyl/N-ethyl adjacent to an activating group) is 1. The number of ether oxygens (including phenoxy) is 1. The molecule has 0 aromatic carbocycles. The number of esters is 1. The molecule has 0 N–H and O–H groups in total. The predicted molar refractivity (Wildman–Crippen MR) is 50.2 cm³/mol. The first-order chi connectivity index (χ1) is 6.22. The average Bonchev–Trinajstić information content (AvgIpc) is 2.16. The highest BCUT2D eigenvalue weighted by Gasteiger charge is 2.09. The van der Waals surface area contributed by atoms with E-state index in [2.05, 4.69) is 21.6 Å². The third-order valence-electron chi connectivity index (χ3n) is 2.16. The van der Waals surface area contributed by atoms with Crippen molar-refractivity contribution < 1.29 is 9.53 Å². The topological polar surface area (TPSA) is 32.8 Å². The smallest absolute Gasteiger partial charge is 0.331 e. The molecule has 0 amide bonds. The number of piperazine rings is 1. The van der Waals surface area contributed by atoms with Crippen LogP contribution in [-0.4, -0.2) is 56.1 Å². The molecule has 0 spiro atoms. The van der Waals surface area contributed by atoms with E-state index in [1.54, 1.807) is 6.20 Å².